The number of hydrogen-bond donors (Lipinski definition) is 2. The number of rotatable bonds is 3. The summed E-state index contributed by atoms with van der Waals surface area (Å²) in [6.45, 7) is 5.04. The number of hydrogen-bond acceptors (Lipinski definition) is 2. The maximum atomic E-state index is 12.3. The third kappa shape index (κ3) is 2.91. The zero-order valence-corrected chi connectivity index (χ0v) is 12.6. The maximum Gasteiger partial charge on any atom is 0.329 e. The number of urea groups is 1. The Labute approximate surface area is 120 Å². The number of carboxylic acid groups (broad SMARTS) is 1. The van der Waals surface area contributed by atoms with Gasteiger partial charge in [0, 0.05) is 13.1 Å². The monoisotopic (exact) mass is 282 g/mol. The van der Waals surface area contributed by atoms with E-state index in [1.807, 2.05) is 0 Å². The first-order chi connectivity index (χ1) is 9.37. The minimum atomic E-state index is -1.04. The van der Waals surface area contributed by atoms with Gasteiger partial charge in [-0.15, -0.1) is 0 Å². The molecule has 5 nitrogen and oxygen atoms in total. The van der Waals surface area contributed by atoms with E-state index in [0.717, 1.165) is 19.3 Å². The first kappa shape index (κ1) is 15.1. The standard InChI is InChI=1S/C15H26N2O3/c1-14(7-4-3-5-8-14)11-16-13(20)17-10-6-9-15(17,2)12(18)19/h3-11H2,1-2H3,(H,16,20)(H,18,19). The summed E-state index contributed by atoms with van der Waals surface area (Å²) >= 11 is 0. The van der Waals surface area contributed by atoms with Gasteiger partial charge in [0.25, 0.3) is 0 Å². The van der Waals surface area contributed by atoms with E-state index in [2.05, 4.69) is 12.2 Å². The lowest BCUT2D eigenvalue weighted by Crippen LogP contribution is -2.55. The first-order valence-corrected chi connectivity index (χ1v) is 7.66. The van der Waals surface area contributed by atoms with Crippen molar-refractivity contribution in [3.05, 3.63) is 0 Å². The van der Waals surface area contributed by atoms with Crippen molar-refractivity contribution in [2.75, 3.05) is 13.1 Å². The fourth-order valence-electron chi connectivity index (χ4n) is 3.48. The molecule has 1 aliphatic heterocycles. The molecule has 2 aliphatic rings. The molecule has 2 N–H and O–H groups in total. The summed E-state index contributed by atoms with van der Waals surface area (Å²) in [4.78, 5) is 25.2. The molecule has 20 heavy (non-hydrogen) atoms. The van der Waals surface area contributed by atoms with Crippen molar-refractivity contribution in [2.24, 2.45) is 5.41 Å². The molecule has 1 heterocycles. The molecule has 0 spiro atoms. The predicted octanol–water partition coefficient (Wildman–Crippen LogP) is 2.61. The Hall–Kier alpha value is -1.26. The second kappa shape index (κ2) is 5.62. The van der Waals surface area contributed by atoms with Crippen LogP contribution in [0.1, 0.15) is 58.8 Å². The van der Waals surface area contributed by atoms with Gasteiger partial charge in [-0.05, 0) is 38.0 Å². The van der Waals surface area contributed by atoms with Gasteiger partial charge in [0.1, 0.15) is 5.54 Å². The van der Waals surface area contributed by atoms with E-state index in [0.29, 0.717) is 19.5 Å². The highest BCUT2D eigenvalue weighted by atomic mass is 16.4. The van der Waals surface area contributed by atoms with Crippen LogP contribution < -0.4 is 5.32 Å². The van der Waals surface area contributed by atoms with E-state index in [1.165, 1.54) is 24.2 Å². The van der Waals surface area contributed by atoms with Crippen LogP contribution in [-0.4, -0.2) is 40.6 Å². The lowest BCUT2D eigenvalue weighted by molar-refractivity contribution is -0.147. The molecule has 0 aromatic rings. The molecule has 2 fully saturated rings. The number of nitrogens with one attached hydrogen (secondary N) is 1. The molecule has 1 aliphatic carbocycles. The van der Waals surface area contributed by atoms with Crippen molar-refractivity contribution in [2.45, 2.75) is 64.3 Å². The number of carboxylic acids is 1. The molecule has 5 heteroatoms. The molecule has 0 aromatic carbocycles. The van der Waals surface area contributed by atoms with Gasteiger partial charge in [0.2, 0.25) is 0 Å². The Morgan fingerprint density at radius 1 is 1.10 bits per heavy atom. The van der Waals surface area contributed by atoms with Crippen LogP contribution in [0.4, 0.5) is 4.79 Å². The van der Waals surface area contributed by atoms with Crippen molar-refractivity contribution >= 4 is 12.0 Å². The van der Waals surface area contributed by atoms with Crippen LogP contribution in [0.25, 0.3) is 0 Å². The fourth-order valence-corrected chi connectivity index (χ4v) is 3.48. The largest absolute Gasteiger partial charge is 0.480 e. The van der Waals surface area contributed by atoms with Gasteiger partial charge in [-0.1, -0.05) is 26.2 Å². The summed E-state index contributed by atoms with van der Waals surface area (Å²) in [5, 5.41) is 12.3. The lowest BCUT2D eigenvalue weighted by atomic mass is 9.76. The smallest absolute Gasteiger partial charge is 0.329 e. The molecule has 0 aromatic heterocycles. The summed E-state index contributed by atoms with van der Waals surface area (Å²) in [6.07, 6.45) is 7.31. The Balaban J connectivity index is 1.93. The zero-order valence-electron chi connectivity index (χ0n) is 12.6. The van der Waals surface area contributed by atoms with E-state index in [-0.39, 0.29) is 11.4 Å². The van der Waals surface area contributed by atoms with Gasteiger partial charge in [0.15, 0.2) is 0 Å². The number of aliphatic carboxylic acids is 1. The second-order valence-electron chi connectivity index (χ2n) is 6.86. The number of nitrogens with zero attached hydrogens (tertiary/aromatic N) is 1. The van der Waals surface area contributed by atoms with E-state index >= 15 is 0 Å². The highest BCUT2D eigenvalue weighted by Gasteiger charge is 2.46. The number of likely N-dealkylation sites (tertiary alicyclic amines) is 1. The molecular formula is C15H26N2O3. The average molecular weight is 282 g/mol. The number of carbonyl (C=O) groups excluding carboxylic acids is 1. The fraction of sp³-hybridized carbons (Fsp3) is 0.867. The van der Waals surface area contributed by atoms with Crippen LogP contribution in [0.15, 0.2) is 0 Å². The minimum absolute atomic E-state index is 0.174. The minimum Gasteiger partial charge on any atom is -0.480 e. The lowest BCUT2D eigenvalue weighted by Gasteiger charge is -2.36. The summed E-state index contributed by atoms with van der Waals surface area (Å²) in [5.41, 5.74) is -0.870. The highest BCUT2D eigenvalue weighted by molar-refractivity contribution is 5.86. The molecule has 1 saturated carbocycles. The number of amides is 2. The van der Waals surface area contributed by atoms with Gasteiger partial charge >= 0.3 is 12.0 Å². The van der Waals surface area contributed by atoms with Crippen molar-refractivity contribution in [1.82, 2.24) is 10.2 Å². The topological polar surface area (TPSA) is 69.6 Å². The van der Waals surface area contributed by atoms with Crippen LogP contribution in [0.5, 0.6) is 0 Å². The van der Waals surface area contributed by atoms with E-state index in [4.69, 9.17) is 0 Å². The van der Waals surface area contributed by atoms with Gasteiger partial charge in [-0.2, -0.15) is 0 Å². The van der Waals surface area contributed by atoms with Gasteiger partial charge in [-0.25, -0.2) is 9.59 Å². The molecule has 1 saturated heterocycles. The predicted molar refractivity (Wildman–Crippen MR) is 76.6 cm³/mol. The summed E-state index contributed by atoms with van der Waals surface area (Å²) in [6, 6.07) is -0.223. The molecule has 0 bridgehead atoms. The van der Waals surface area contributed by atoms with Crippen LogP contribution in [0, 0.1) is 5.41 Å². The summed E-state index contributed by atoms with van der Waals surface area (Å²) in [5.74, 6) is -0.908. The third-order valence-corrected chi connectivity index (χ3v) is 5.07. The summed E-state index contributed by atoms with van der Waals surface area (Å²) in [7, 11) is 0. The van der Waals surface area contributed by atoms with E-state index < -0.39 is 11.5 Å². The molecule has 2 amide bonds. The van der Waals surface area contributed by atoms with Crippen LogP contribution in [0.3, 0.4) is 0 Å². The van der Waals surface area contributed by atoms with Crippen LogP contribution in [-0.2, 0) is 4.79 Å². The van der Waals surface area contributed by atoms with Crippen LogP contribution in [0.2, 0.25) is 0 Å². The quantitative estimate of drug-likeness (QED) is 0.836. The summed E-state index contributed by atoms with van der Waals surface area (Å²) < 4.78 is 0. The van der Waals surface area contributed by atoms with Crippen LogP contribution >= 0.6 is 0 Å². The highest BCUT2D eigenvalue weighted by Crippen LogP contribution is 2.35. The SMILES string of the molecule is CC1(CNC(=O)N2CCCC2(C)C(=O)O)CCCCC1. The van der Waals surface area contributed by atoms with Gasteiger partial charge in [-0.3, -0.25) is 0 Å². The van der Waals surface area contributed by atoms with Gasteiger partial charge in [0.05, 0.1) is 0 Å². The van der Waals surface area contributed by atoms with Crippen molar-refractivity contribution < 1.29 is 14.7 Å². The van der Waals surface area contributed by atoms with E-state index in [9.17, 15) is 14.7 Å². The normalized spacial score (nSPS) is 29.2. The Bertz CT molecular complexity index is 391. The van der Waals surface area contributed by atoms with Crippen molar-refractivity contribution in [3.8, 4) is 0 Å². The molecule has 114 valence electrons. The van der Waals surface area contributed by atoms with Crippen molar-refractivity contribution in [3.63, 3.8) is 0 Å². The number of carbonyl (C=O) groups is 2. The third-order valence-electron chi connectivity index (χ3n) is 5.07. The maximum absolute atomic E-state index is 12.3. The Morgan fingerprint density at radius 3 is 2.35 bits per heavy atom. The molecule has 1 unspecified atom stereocenters. The van der Waals surface area contributed by atoms with Crippen molar-refractivity contribution in [1.29, 1.82) is 0 Å². The first-order valence-electron chi connectivity index (χ1n) is 7.66. The average Bonchev–Trinajstić information content (AvgIpc) is 2.81. The molecule has 1 atom stereocenters. The second-order valence-corrected chi connectivity index (χ2v) is 6.86. The Kier molecular flexibility index (Phi) is 4.25. The Morgan fingerprint density at radius 2 is 1.75 bits per heavy atom. The molecule has 0 radical (unpaired) electrons. The van der Waals surface area contributed by atoms with E-state index in [1.54, 1.807) is 6.92 Å². The van der Waals surface area contributed by atoms with Gasteiger partial charge < -0.3 is 15.3 Å². The molecular weight excluding hydrogens is 256 g/mol. The zero-order chi connectivity index (χ0) is 14.8. The molecule has 2 rings (SSSR count).